The Morgan fingerprint density at radius 3 is 2.19 bits per heavy atom. The standard InChI is InChI=1S/C34H39FN2/c1-4-7-9-25-11-17-30(18-12-25)36-37-31-19-13-26(14-20-31)15-21-32-28(6-3)24-29-23-27(10-8-5-2)16-22-33(29)34(32)35/h11-14,17-20,24,27H,4-10,16,22-23H2,1-3H3. The third-order valence-electron chi connectivity index (χ3n) is 7.44. The van der Waals surface area contributed by atoms with Crippen molar-refractivity contribution in [3.8, 4) is 11.8 Å². The van der Waals surface area contributed by atoms with E-state index < -0.39 is 0 Å². The number of fused-ring (bicyclic) bond motifs is 1. The summed E-state index contributed by atoms with van der Waals surface area (Å²) in [5, 5.41) is 8.72. The zero-order valence-electron chi connectivity index (χ0n) is 22.6. The van der Waals surface area contributed by atoms with Crippen LogP contribution in [0.25, 0.3) is 0 Å². The fourth-order valence-corrected chi connectivity index (χ4v) is 5.14. The van der Waals surface area contributed by atoms with Gasteiger partial charge in [-0.3, -0.25) is 0 Å². The van der Waals surface area contributed by atoms with E-state index in [1.165, 1.54) is 43.2 Å². The van der Waals surface area contributed by atoms with E-state index in [0.29, 0.717) is 11.5 Å². The molecule has 0 heterocycles. The molecule has 1 aliphatic rings. The summed E-state index contributed by atoms with van der Waals surface area (Å²) in [4.78, 5) is 0. The van der Waals surface area contributed by atoms with Crippen LogP contribution in [0.15, 0.2) is 64.8 Å². The lowest BCUT2D eigenvalue weighted by molar-refractivity contribution is 0.405. The highest BCUT2D eigenvalue weighted by Gasteiger charge is 2.24. The Morgan fingerprint density at radius 2 is 1.54 bits per heavy atom. The van der Waals surface area contributed by atoms with Gasteiger partial charge in [-0.25, -0.2) is 4.39 Å². The van der Waals surface area contributed by atoms with Gasteiger partial charge in [0.2, 0.25) is 0 Å². The average Bonchev–Trinajstić information content (AvgIpc) is 2.94. The lowest BCUT2D eigenvalue weighted by atomic mass is 9.79. The minimum atomic E-state index is -0.0954. The van der Waals surface area contributed by atoms with Crippen LogP contribution in [-0.4, -0.2) is 0 Å². The van der Waals surface area contributed by atoms with Crippen LogP contribution >= 0.6 is 0 Å². The molecule has 1 aliphatic carbocycles. The van der Waals surface area contributed by atoms with Gasteiger partial charge in [0, 0.05) is 5.56 Å². The zero-order chi connectivity index (χ0) is 26.0. The molecular formula is C34H39FN2. The number of hydrogen-bond donors (Lipinski definition) is 0. The van der Waals surface area contributed by atoms with Crippen LogP contribution < -0.4 is 0 Å². The maximum absolute atomic E-state index is 15.6. The fraction of sp³-hybridized carbons (Fsp3) is 0.412. The number of halogens is 1. The Hall–Kier alpha value is -3.25. The Balaban J connectivity index is 1.46. The molecule has 3 heteroatoms. The first-order valence-corrected chi connectivity index (χ1v) is 14.1. The molecule has 4 rings (SSSR count). The third-order valence-corrected chi connectivity index (χ3v) is 7.44. The number of unbranched alkanes of at least 4 members (excludes halogenated alkanes) is 2. The van der Waals surface area contributed by atoms with E-state index in [1.807, 2.05) is 36.4 Å². The molecule has 3 aromatic rings. The van der Waals surface area contributed by atoms with Crippen LogP contribution in [-0.2, 0) is 25.7 Å². The Labute approximate surface area is 222 Å². The maximum atomic E-state index is 15.6. The lowest BCUT2D eigenvalue weighted by Gasteiger charge is -2.26. The number of aryl methyl sites for hydroxylation is 2. The van der Waals surface area contributed by atoms with Gasteiger partial charge in [-0.1, -0.05) is 76.5 Å². The van der Waals surface area contributed by atoms with E-state index in [0.717, 1.165) is 60.2 Å². The summed E-state index contributed by atoms with van der Waals surface area (Å²) in [7, 11) is 0. The second-order valence-corrected chi connectivity index (χ2v) is 10.2. The maximum Gasteiger partial charge on any atom is 0.142 e. The number of nitrogens with zero attached hydrogens (tertiary/aromatic N) is 2. The second kappa shape index (κ2) is 13.3. The van der Waals surface area contributed by atoms with Crippen molar-refractivity contribution in [2.24, 2.45) is 16.1 Å². The minimum absolute atomic E-state index is 0.0954. The molecule has 0 bridgehead atoms. The van der Waals surface area contributed by atoms with Crippen molar-refractivity contribution in [1.82, 2.24) is 0 Å². The van der Waals surface area contributed by atoms with Gasteiger partial charge in [0.15, 0.2) is 0 Å². The number of hydrogen-bond acceptors (Lipinski definition) is 2. The number of rotatable bonds is 9. The molecule has 0 saturated carbocycles. The van der Waals surface area contributed by atoms with Crippen LogP contribution in [0, 0.1) is 23.6 Å². The van der Waals surface area contributed by atoms with Crippen molar-refractivity contribution < 1.29 is 4.39 Å². The van der Waals surface area contributed by atoms with Gasteiger partial charge in [-0.15, -0.1) is 0 Å². The number of benzene rings is 3. The van der Waals surface area contributed by atoms with E-state index in [9.17, 15) is 0 Å². The minimum Gasteiger partial charge on any atom is -0.205 e. The highest BCUT2D eigenvalue weighted by Crippen LogP contribution is 2.33. The first-order valence-electron chi connectivity index (χ1n) is 14.1. The summed E-state index contributed by atoms with van der Waals surface area (Å²) in [6.07, 6.45) is 10.9. The SMILES string of the molecule is CCCCc1ccc(N=Nc2ccc(C#Cc3c(CC)cc4c(c3F)CCC(CCCC)C4)cc2)cc1. The molecule has 0 saturated heterocycles. The summed E-state index contributed by atoms with van der Waals surface area (Å²) in [6, 6.07) is 18.2. The van der Waals surface area contributed by atoms with Crippen LogP contribution in [0.3, 0.4) is 0 Å². The van der Waals surface area contributed by atoms with Crippen molar-refractivity contribution in [1.29, 1.82) is 0 Å². The topological polar surface area (TPSA) is 24.7 Å². The van der Waals surface area contributed by atoms with E-state index in [2.05, 4.69) is 61.0 Å². The third kappa shape index (κ3) is 7.16. The highest BCUT2D eigenvalue weighted by atomic mass is 19.1. The largest absolute Gasteiger partial charge is 0.205 e. The van der Waals surface area contributed by atoms with Gasteiger partial charge in [0.1, 0.15) is 5.82 Å². The molecular weight excluding hydrogens is 455 g/mol. The monoisotopic (exact) mass is 494 g/mol. The molecule has 0 aliphatic heterocycles. The van der Waals surface area contributed by atoms with Crippen molar-refractivity contribution in [2.45, 2.75) is 85.0 Å². The summed E-state index contributed by atoms with van der Waals surface area (Å²) in [5.74, 6) is 6.94. The van der Waals surface area contributed by atoms with E-state index in [-0.39, 0.29) is 5.82 Å². The van der Waals surface area contributed by atoms with Gasteiger partial charge in [0.25, 0.3) is 0 Å². The first-order chi connectivity index (χ1) is 18.1. The Morgan fingerprint density at radius 1 is 0.865 bits per heavy atom. The van der Waals surface area contributed by atoms with Gasteiger partial charge in [-0.05, 0) is 103 Å². The van der Waals surface area contributed by atoms with Gasteiger partial charge in [0.05, 0.1) is 16.9 Å². The van der Waals surface area contributed by atoms with E-state index in [4.69, 9.17) is 0 Å². The highest BCUT2D eigenvalue weighted by molar-refractivity contribution is 5.53. The summed E-state index contributed by atoms with van der Waals surface area (Å²) in [5.41, 5.74) is 7.48. The van der Waals surface area contributed by atoms with Crippen molar-refractivity contribution in [3.63, 3.8) is 0 Å². The van der Waals surface area contributed by atoms with Crippen LogP contribution in [0.5, 0.6) is 0 Å². The van der Waals surface area contributed by atoms with Gasteiger partial charge in [-0.2, -0.15) is 10.2 Å². The van der Waals surface area contributed by atoms with Crippen LogP contribution in [0.4, 0.5) is 15.8 Å². The molecule has 192 valence electrons. The molecule has 0 N–H and O–H groups in total. The predicted molar refractivity (Wildman–Crippen MR) is 152 cm³/mol. The molecule has 0 fully saturated rings. The van der Waals surface area contributed by atoms with Crippen molar-refractivity contribution in [2.75, 3.05) is 0 Å². The first kappa shape index (κ1) is 26.8. The molecule has 1 unspecified atom stereocenters. The summed E-state index contributed by atoms with van der Waals surface area (Å²) < 4.78 is 15.6. The molecule has 0 spiro atoms. The van der Waals surface area contributed by atoms with E-state index >= 15 is 4.39 Å². The Bertz CT molecular complexity index is 1260. The number of azo groups is 1. The molecule has 0 radical (unpaired) electrons. The van der Waals surface area contributed by atoms with Crippen molar-refractivity contribution >= 4 is 11.4 Å². The lowest BCUT2D eigenvalue weighted by Crippen LogP contribution is -2.17. The summed E-state index contributed by atoms with van der Waals surface area (Å²) in [6.45, 7) is 6.53. The van der Waals surface area contributed by atoms with E-state index in [1.54, 1.807) is 0 Å². The quantitative estimate of drug-likeness (QED) is 0.209. The second-order valence-electron chi connectivity index (χ2n) is 10.2. The molecule has 2 nitrogen and oxygen atoms in total. The molecule has 3 aromatic carbocycles. The van der Waals surface area contributed by atoms with Crippen molar-refractivity contribution in [3.05, 3.63) is 93.8 Å². The summed E-state index contributed by atoms with van der Waals surface area (Å²) >= 11 is 0. The fourth-order valence-electron chi connectivity index (χ4n) is 5.14. The van der Waals surface area contributed by atoms with Gasteiger partial charge >= 0.3 is 0 Å². The normalized spacial score (nSPS) is 14.9. The predicted octanol–water partition coefficient (Wildman–Crippen LogP) is 9.84. The molecule has 1 atom stereocenters. The zero-order valence-corrected chi connectivity index (χ0v) is 22.6. The van der Waals surface area contributed by atoms with Crippen LogP contribution in [0.2, 0.25) is 0 Å². The average molecular weight is 495 g/mol. The van der Waals surface area contributed by atoms with Gasteiger partial charge < -0.3 is 0 Å². The Kier molecular flexibility index (Phi) is 9.66. The molecule has 37 heavy (non-hydrogen) atoms. The smallest absolute Gasteiger partial charge is 0.142 e. The van der Waals surface area contributed by atoms with Crippen LogP contribution in [0.1, 0.15) is 92.7 Å². The molecule has 0 amide bonds. The molecule has 0 aromatic heterocycles.